The molecule has 2 aliphatic rings. The second kappa shape index (κ2) is 6.17. The van der Waals surface area contributed by atoms with Crippen LogP contribution < -0.4 is 5.73 Å². The highest BCUT2D eigenvalue weighted by Gasteiger charge is 2.26. The average molecular weight is 222 g/mol. The minimum atomic E-state index is 0.775. The lowest BCUT2D eigenvalue weighted by atomic mass is 9.89. The molecule has 2 aliphatic carbocycles. The van der Waals surface area contributed by atoms with Crippen LogP contribution in [0.1, 0.15) is 64.2 Å². The second-order valence-electron chi connectivity index (χ2n) is 5.37. The smallest absolute Gasteiger partial charge is 0.0288 e. The van der Waals surface area contributed by atoms with Gasteiger partial charge in [0.25, 0.3) is 0 Å². The molecule has 0 aromatic heterocycles. The molecule has 0 radical (unpaired) electrons. The molecule has 0 atom stereocenters. The lowest BCUT2D eigenvalue weighted by molar-refractivity contribution is 0.133. The summed E-state index contributed by atoms with van der Waals surface area (Å²) in [7, 11) is 0. The molecule has 2 nitrogen and oxygen atoms in total. The quantitative estimate of drug-likeness (QED) is 0.793. The van der Waals surface area contributed by atoms with E-state index in [0.717, 1.165) is 12.1 Å². The minimum absolute atomic E-state index is 0.775. The Morgan fingerprint density at radius 2 is 1.19 bits per heavy atom. The van der Waals surface area contributed by atoms with Crippen LogP contribution in [-0.2, 0) is 0 Å². The van der Waals surface area contributed by atoms with Crippen LogP contribution >= 0.6 is 0 Å². The van der Waals surface area contributed by atoms with E-state index in [0.29, 0.717) is 0 Å². The van der Waals surface area contributed by atoms with Crippen molar-refractivity contribution in [3.05, 3.63) is 12.4 Å². The highest BCUT2D eigenvalue weighted by molar-refractivity contribution is 4.91. The van der Waals surface area contributed by atoms with Crippen molar-refractivity contribution in [3.63, 3.8) is 0 Å². The van der Waals surface area contributed by atoms with Crippen LogP contribution in [0.5, 0.6) is 0 Å². The van der Waals surface area contributed by atoms with E-state index in [1.807, 2.05) is 0 Å². The van der Waals surface area contributed by atoms with E-state index in [9.17, 15) is 0 Å². The summed E-state index contributed by atoms with van der Waals surface area (Å²) in [5, 5.41) is 0. The SMILES string of the molecule is N/C=C/N(C1CCCCC1)C1CCCCC1. The Bertz CT molecular complexity index is 195. The summed E-state index contributed by atoms with van der Waals surface area (Å²) in [6.45, 7) is 0. The van der Waals surface area contributed by atoms with Gasteiger partial charge < -0.3 is 10.6 Å². The van der Waals surface area contributed by atoms with Crippen molar-refractivity contribution in [1.82, 2.24) is 4.90 Å². The van der Waals surface area contributed by atoms with Crippen molar-refractivity contribution in [3.8, 4) is 0 Å². The van der Waals surface area contributed by atoms with Gasteiger partial charge in [0.2, 0.25) is 0 Å². The normalized spacial score (nSPS) is 25.0. The molecule has 2 fully saturated rings. The van der Waals surface area contributed by atoms with Crippen LogP contribution in [0, 0.1) is 0 Å². The van der Waals surface area contributed by atoms with Gasteiger partial charge in [0.1, 0.15) is 0 Å². The van der Waals surface area contributed by atoms with Crippen LogP contribution in [0.4, 0.5) is 0 Å². The average Bonchev–Trinajstić information content (AvgIpc) is 2.38. The van der Waals surface area contributed by atoms with Crippen molar-refractivity contribution in [2.75, 3.05) is 0 Å². The molecule has 0 amide bonds. The molecule has 0 saturated heterocycles. The fraction of sp³-hybridized carbons (Fsp3) is 0.857. The third kappa shape index (κ3) is 2.93. The zero-order valence-electron chi connectivity index (χ0n) is 10.4. The molecule has 0 bridgehead atoms. The van der Waals surface area contributed by atoms with Gasteiger partial charge in [0.15, 0.2) is 0 Å². The molecule has 16 heavy (non-hydrogen) atoms. The van der Waals surface area contributed by atoms with E-state index in [2.05, 4.69) is 11.1 Å². The van der Waals surface area contributed by atoms with Crippen LogP contribution in [-0.4, -0.2) is 17.0 Å². The number of hydrogen-bond acceptors (Lipinski definition) is 2. The number of rotatable bonds is 3. The zero-order chi connectivity index (χ0) is 11.2. The van der Waals surface area contributed by atoms with E-state index < -0.39 is 0 Å². The first-order valence-electron chi connectivity index (χ1n) is 7.07. The third-order valence-electron chi connectivity index (χ3n) is 4.25. The Kier molecular flexibility index (Phi) is 4.55. The van der Waals surface area contributed by atoms with Gasteiger partial charge in [-0.1, -0.05) is 38.5 Å². The zero-order valence-corrected chi connectivity index (χ0v) is 10.4. The summed E-state index contributed by atoms with van der Waals surface area (Å²) in [5.41, 5.74) is 5.62. The molecule has 0 heterocycles. The van der Waals surface area contributed by atoms with E-state index >= 15 is 0 Å². The van der Waals surface area contributed by atoms with Gasteiger partial charge in [0.05, 0.1) is 0 Å². The van der Waals surface area contributed by atoms with Crippen molar-refractivity contribution in [2.45, 2.75) is 76.3 Å². The third-order valence-corrected chi connectivity index (χ3v) is 4.25. The molecule has 0 unspecified atom stereocenters. The summed E-state index contributed by atoms with van der Waals surface area (Å²) in [6, 6.07) is 1.55. The standard InChI is InChI=1S/C14H26N2/c15-11-12-16(13-7-3-1-4-8-13)14-9-5-2-6-10-14/h11-14H,1-10,15H2/b12-11+. The highest BCUT2D eigenvalue weighted by Crippen LogP contribution is 2.30. The molecule has 0 aromatic rings. The number of hydrogen-bond donors (Lipinski definition) is 1. The molecular weight excluding hydrogens is 196 g/mol. The van der Waals surface area contributed by atoms with E-state index in [1.54, 1.807) is 6.20 Å². The predicted molar refractivity (Wildman–Crippen MR) is 68.9 cm³/mol. The van der Waals surface area contributed by atoms with Gasteiger partial charge in [-0.15, -0.1) is 0 Å². The van der Waals surface area contributed by atoms with Gasteiger partial charge >= 0.3 is 0 Å². The first-order valence-corrected chi connectivity index (χ1v) is 7.07. The van der Waals surface area contributed by atoms with E-state index in [1.165, 1.54) is 64.2 Å². The first-order chi connectivity index (χ1) is 7.92. The summed E-state index contributed by atoms with van der Waals surface area (Å²) in [6.07, 6.45) is 17.9. The van der Waals surface area contributed by atoms with Crippen LogP contribution in [0.2, 0.25) is 0 Å². The summed E-state index contributed by atoms with van der Waals surface area (Å²) >= 11 is 0. The van der Waals surface area contributed by atoms with E-state index in [4.69, 9.17) is 5.73 Å². The van der Waals surface area contributed by atoms with Crippen molar-refractivity contribution >= 4 is 0 Å². The molecular formula is C14H26N2. The van der Waals surface area contributed by atoms with Gasteiger partial charge in [-0.05, 0) is 25.7 Å². The Morgan fingerprint density at radius 1 is 0.750 bits per heavy atom. The summed E-state index contributed by atoms with van der Waals surface area (Å²) < 4.78 is 0. The molecule has 0 aromatic carbocycles. The molecule has 92 valence electrons. The van der Waals surface area contributed by atoms with Gasteiger partial charge in [-0.3, -0.25) is 0 Å². The Hall–Kier alpha value is -0.660. The van der Waals surface area contributed by atoms with Gasteiger partial charge in [-0.25, -0.2) is 0 Å². The topological polar surface area (TPSA) is 29.3 Å². The highest BCUT2D eigenvalue weighted by atomic mass is 15.2. The van der Waals surface area contributed by atoms with Crippen LogP contribution in [0.15, 0.2) is 12.4 Å². The summed E-state index contributed by atoms with van der Waals surface area (Å²) in [4.78, 5) is 2.60. The molecule has 2 heteroatoms. The summed E-state index contributed by atoms with van der Waals surface area (Å²) in [5.74, 6) is 0. The van der Waals surface area contributed by atoms with E-state index in [-0.39, 0.29) is 0 Å². The maximum absolute atomic E-state index is 5.62. The van der Waals surface area contributed by atoms with Crippen LogP contribution in [0.3, 0.4) is 0 Å². The largest absolute Gasteiger partial charge is 0.403 e. The second-order valence-corrected chi connectivity index (χ2v) is 5.37. The fourth-order valence-corrected chi connectivity index (χ4v) is 3.40. The van der Waals surface area contributed by atoms with Gasteiger partial charge in [-0.2, -0.15) is 0 Å². The molecule has 2 N–H and O–H groups in total. The fourth-order valence-electron chi connectivity index (χ4n) is 3.40. The Balaban J connectivity index is 1.96. The van der Waals surface area contributed by atoms with Crippen LogP contribution in [0.25, 0.3) is 0 Å². The first kappa shape index (κ1) is 11.8. The van der Waals surface area contributed by atoms with Gasteiger partial charge in [0, 0.05) is 24.5 Å². The van der Waals surface area contributed by atoms with Crippen molar-refractivity contribution < 1.29 is 0 Å². The Morgan fingerprint density at radius 3 is 1.56 bits per heavy atom. The maximum Gasteiger partial charge on any atom is 0.0288 e. The lowest BCUT2D eigenvalue weighted by Gasteiger charge is -2.41. The molecule has 2 saturated carbocycles. The monoisotopic (exact) mass is 222 g/mol. The molecule has 0 spiro atoms. The van der Waals surface area contributed by atoms with Crippen molar-refractivity contribution in [2.24, 2.45) is 5.73 Å². The maximum atomic E-state index is 5.62. The Labute approximate surface area is 99.9 Å². The molecule has 2 rings (SSSR count). The minimum Gasteiger partial charge on any atom is -0.403 e. The molecule has 0 aliphatic heterocycles. The predicted octanol–water partition coefficient (Wildman–Crippen LogP) is 3.38. The number of nitrogens with zero attached hydrogens (tertiary/aromatic N) is 1. The number of nitrogens with two attached hydrogens (primary N) is 1. The van der Waals surface area contributed by atoms with Crippen molar-refractivity contribution in [1.29, 1.82) is 0 Å². The lowest BCUT2D eigenvalue weighted by Crippen LogP contribution is -2.41.